The van der Waals surface area contributed by atoms with Crippen LogP contribution in [0.3, 0.4) is 0 Å². The first kappa shape index (κ1) is 24.2. The van der Waals surface area contributed by atoms with Gasteiger partial charge in [0.15, 0.2) is 0 Å². The first-order valence-electron chi connectivity index (χ1n) is 11.5. The summed E-state index contributed by atoms with van der Waals surface area (Å²) in [6.07, 6.45) is 20.1. The number of likely N-dealkylation sites (tertiary alicyclic amines) is 1. The van der Waals surface area contributed by atoms with E-state index in [4.69, 9.17) is 9.99 Å². The molecule has 0 bridgehead atoms. The fourth-order valence-electron chi connectivity index (χ4n) is 3.94. The van der Waals surface area contributed by atoms with Gasteiger partial charge >= 0.3 is 6.16 Å². The van der Waals surface area contributed by atoms with E-state index in [-0.39, 0.29) is 6.10 Å². The summed E-state index contributed by atoms with van der Waals surface area (Å²) in [5.41, 5.74) is 0. The minimum Gasteiger partial charge on any atom is -0.429 e. The van der Waals surface area contributed by atoms with Crippen molar-refractivity contribution < 1.29 is 19.7 Å². The summed E-state index contributed by atoms with van der Waals surface area (Å²) in [7, 11) is 0. The highest BCUT2D eigenvalue weighted by Crippen LogP contribution is 2.16. The zero-order valence-electron chi connectivity index (χ0n) is 17.6. The van der Waals surface area contributed by atoms with Crippen LogP contribution >= 0.6 is 0 Å². The molecule has 0 atom stereocenters. The van der Waals surface area contributed by atoms with Crippen LogP contribution in [0, 0.1) is 0 Å². The predicted octanol–water partition coefficient (Wildman–Crippen LogP) is 6.56. The average Bonchev–Trinajstić information content (AvgIpc) is 2.69. The van der Waals surface area contributed by atoms with Crippen molar-refractivity contribution in [2.24, 2.45) is 0 Å². The van der Waals surface area contributed by atoms with Crippen molar-refractivity contribution in [1.82, 2.24) is 4.90 Å². The highest BCUT2D eigenvalue weighted by Gasteiger charge is 2.22. The second-order valence-corrected chi connectivity index (χ2v) is 8.10. The quantitative estimate of drug-likeness (QED) is 0.141. The van der Waals surface area contributed by atoms with Crippen LogP contribution in [-0.4, -0.2) is 42.1 Å². The molecule has 5 nitrogen and oxygen atoms in total. The molecule has 1 rings (SSSR count). The lowest BCUT2D eigenvalue weighted by atomic mass is 10.0. The van der Waals surface area contributed by atoms with Gasteiger partial charge < -0.3 is 9.64 Å². The lowest BCUT2D eigenvalue weighted by molar-refractivity contribution is -0.206. The fraction of sp³-hybridized carbons (Fsp3) is 0.955. The molecule has 0 aliphatic carbocycles. The van der Waals surface area contributed by atoms with Crippen molar-refractivity contribution >= 4 is 6.16 Å². The molecule has 1 saturated heterocycles. The molecule has 1 aliphatic heterocycles. The Morgan fingerprint density at radius 3 is 1.70 bits per heavy atom. The third-order valence-electron chi connectivity index (χ3n) is 5.70. The van der Waals surface area contributed by atoms with Crippen molar-refractivity contribution in [2.45, 2.75) is 116 Å². The second kappa shape index (κ2) is 17.3. The molecule has 0 radical (unpaired) electrons. The summed E-state index contributed by atoms with van der Waals surface area (Å²) in [5, 5.41) is 8.23. The van der Waals surface area contributed by atoms with Gasteiger partial charge in [0, 0.05) is 13.1 Å². The molecular weight excluding hydrogens is 342 g/mol. The second-order valence-electron chi connectivity index (χ2n) is 8.10. The van der Waals surface area contributed by atoms with E-state index in [1.165, 1.54) is 89.9 Å². The number of ether oxygens (including phenoxy) is 1. The van der Waals surface area contributed by atoms with Crippen LogP contribution in [0.1, 0.15) is 110 Å². The number of nitrogens with zero attached hydrogens (tertiary/aromatic N) is 1. The molecule has 160 valence electrons. The SMILES string of the molecule is CCCCCCCCCCCCCCCCN1CCC(OC(=O)OO)CC1. The minimum absolute atomic E-state index is 0.114. The summed E-state index contributed by atoms with van der Waals surface area (Å²) in [4.78, 5) is 16.9. The highest BCUT2D eigenvalue weighted by molar-refractivity contribution is 5.59. The van der Waals surface area contributed by atoms with E-state index in [0.29, 0.717) is 0 Å². The molecular formula is C22H43NO4. The van der Waals surface area contributed by atoms with Gasteiger partial charge in [-0.05, 0) is 25.8 Å². The molecule has 0 spiro atoms. The summed E-state index contributed by atoms with van der Waals surface area (Å²) >= 11 is 0. The monoisotopic (exact) mass is 385 g/mol. The highest BCUT2D eigenvalue weighted by atomic mass is 17.1. The van der Waals surface area contributed by atoms with E-state index in [1.807, 2.05) is 0 Å². The number of carbonyl (C=O) groups is 1. The molecule has 0 aromatic rings. The Labute approximate surface area is 166 Å². The molecule has 0 aromatic carbocycles. The Bertz CT molecular complexity index is 343. The Kier molecular flexibility index (Phi) is 15.5. The Balaban J connectivity index is 1.79. The third-order valence-corrected chi connectivity index (χ3v) is 5.70. The maximum absolute atomic E-state index is 10.9. The molecule has 0 saturated carbocycles. The van der Waals surface area contributed by atoms with Crippen LogP contribution in [0.5, 0.6) is 0 Å². The van der Waals surface area contributed by atoms with Crippen LogP contribution in [0.2, 0.25) is 0 Å². The van der Waals surface area contributed by atoms with Crippen LogP contribution in [0.15, 0.2) is 0 Å². The van der Waals surface area contributed by atoms with Crippen molar-refractivity contribution in [3.63, 3.8) is 0 Å². The number of hydrogen-bond donors (Lipinski definition) is 1. The zero-order valence-corrected chi connectivity index (χ0v) is 17.6. The molecule has 1 N–H and O–H groups in total. The average molecular weight is 386 g/mol. The van der Waals surface area contributed by atoms with Crippen molar-refractivity contribution in [1.29, 1.82) is 0 Å². The lowest BCUT2D eigenvalue weighted by Crippen LogP contribution is -2.38. The number of hydrogen-bond acceptors (Lipinski definition) is 5. The Morgan fingerprint density at radius 1 is 0.815 bits per heavy atom. The van der Waals surface area contributed by atoms with Crippen molar-refractivity contribution in [3.8, 4) is 0 Å². The van der Waals surface area contributed by atoms with Crippen LogP contribution in [-0.2, 0) is 9.62 Å². The fourth-order valence-corrected chi connectivity index (χ4v) is 3.94. The third kappa shape index (κ3) is 13.9. The first-order valence-corrected chi connectivity index (χ1v) is 11.5. The van der Waals surface area contributed by atoms with Crippen LogP contribution < -0.4 is 0 Å². The Morgan fingerprint density at radius 2 is 1.26 bits per heavy atom. The van der Waals surface area contributed by atoms with Gasteiger partial charge in [-0.2, -0.15) is 5.26 Å². The van der Waals surface area contributed by atoms with Crippen molar-refractivity contribution in [2.75, 3.05) is 19.6 Å². The number of piperidine rings is 1. The normalized spacial score (nSPS) is 15.8. The summed E-state index contributed by atoms with van der Waals surface area (Å²) in [6, 6.07) is 0. The summed E-state index contributed by atoms with van der Waals surface area (Å²) in [6.45, 7) is 5.35. The van der Waals surface area contributed by atoms with E-state index in [9.17, 15) is 4.79 Å². The van der Waals surface area contributed by atoms with Crippen LogP contribution in [0.4, 0.5) is 4.79 Å². The lowest BCUT2D eigenvalue weighted by Gasteiger charge is -2.31. The number of carbonyl (C=O) groups excluding carboxylic acids is 1. The minimum atomic E-state index is -0.986. The first-order chi connectivity index (χ1) is 13.3. The van der Waals surface area contributed by atoms with Gasteiger partial charge in [-0.1, -0.05) is 90.4 Å². The smallest absolute Gasteiger partial charge is 0.429 e. The Hall–Kier alpha value is -0.810. The van der Waals surface area contributed by atoms with E-state index in [0.717, 1.165) is 32.5 Å². The standard InChI is InChI=1S/C22H43NO4/c1-2-3-4-5-6-7-8-9-10-11-12-13-14-15-18-23-19-16-21(17-20-23)26-22(24)27-25/h21,25H,2-20H2,1H3. The maximum atomic E-state index is 10.9. The van der Waals surface area contributed by atoms with Gasteiger partial charge in [-0.15, -0.1) is 0 Å². The largest absolute Gasteiger partial charge is 0.540 e. The van der Waals surface area contributed by atoms with Gasteiger partial charge in [0.25, 0.3) is 0 Å². The molecule has 5 heteroatoms. The number of rotatable bonds is 16. The molecule has 1 fully saturated rings. The van der Waals surface area contributed by atoms with E-state index in [1.54, 1.807) is 0 Å². The molecule has 0 aromatic heterocycles. The van der Waals surface area contributed by atoms with Gasteiger partial charge in [-0.3, -0.25) is 4.89 Å². The molecule has 1 heterocycles. The topological polar surface area (TPSA) is 59.0 Å². The van der Waals surface area contributed by atoms with E-state index >= 15 is 0 Å². The van der Waals surface area contributed by atoms with E-state index in [2.05, 4.69) is 16.7 Å². The maximum Gasteiger partial charge on any atom is 0.540 e. The zero-order chi connectivity index (χ0) is 19.6. The van der Waals surface area contributed by atoms with Crippen molar-refractivity contribution in [3.05, 3.63) is 0 Å². The van der Waals surface area contributed by atoms with Crippen LogP contribution in [0.25, 0.3) is 0 Å². The van der Waals surface area contributed by atoms with E-state index < -0.39 is 6.16 Å². The van der Waals surface area contributed by atoms with Gasteiger partial charge in [0.05, 0.1) is 0 Å². The summed E-state index contributed by atoms with van der Waals surface area (Å²) < 4.78 is 4.98. The molecule has 0 amide bonds. The predicted molar refractivity (Wildman–Crippen MR) is 110 cm³/mol. The van der Waals surface area contributed by atoms with Gasteiger partial charge in [0.2, 0.25) is 0 Å². The van der Waals surface area contributed by atoms with Gasteiger partial charge in [-0.25, -0.2) is 4.79 Å². The molecule has 1 aliphatic rings. The summed E-state index contributed by atoms with van der Waals surface area (Å²) in [5.74, 6) is 0. The number of unbranched alkanes of at least 4 members (excludes halogenated alkanes) is 13. The molecule has 27 heavy (non-hydrogen) atoms. The van der Waals surface area contributed by atoms with Gasteiger partial charge in [0.1, 0.15) is 6.10 Å². The molecule has 0 unspecified atom stereocenters.